The Kier molecular flexibility index (Phi) is 13.6. The van der Waals surface area contributed by atoms with Crippen LogP contribution in [0.25, 0.3) is 22.5 Å². The minimum Gasteiger partial charge on any atom is -0.453 e. The lowest BCUT2D eigenvalue weighted by atomic mass is 9.97. The molecule has 2 aliphatic rings. The number of H-pyrrole nitrogens is 2. The van der Waals surface area contributed by atoms with Gasteiger partial charge in [0.2, 0.25) is 11.8 Å². The molecule has 0 radical (unpaired) electrons. The van der Waals surface area contributed by atoms with Gasteiger partial charge in [-0.1, -0.05) is 34.1 Å². The van der Waals surface area contributed by atoms with Gasteiger partial charge in [0.1, 0.15) is 23.7 Å². The number of carbonyl (C=O) groups excluding carboxylic acids is 4. The third-order valence-electron chi connectivity index (χ3n) is 10.5. The summed E-state index contributed by atoms with van der Waals surface area (Å²) in [4.78, 5) is 67.8. The quantitative estimate of drug-likeness (QED) is 0.0686. The second-order valence-electron chi connectivity index (χ2n) is 15.3. The van der Waals surface area contributed by atoms with Gasteiger partial charge in [0.25, 0.3) is 0 Å². The second-order valence-corrected chi connectivity index (χ2v) is 15.3. The zero-order chi connectivity index (χ0) is 41.3. The van der Waals surface area contributed by atoms with Gasteiger partial charge in [-0.05, 0) is 80.3 Å². The van der Waals surface area contributed by atoms with Crippen molar-refractivity contribution in [2.45, 2.75) is 90.8 Å². The van der Waals surface area contributed by atoms with Crippen molar-refractivity contribution in [1.82, 2.24) is 40.8 Å². The lowest BCUT2D eigenvalue weighted by Gasteiger charge is -2.37. The lowest BCUT2D eigenvalue weighted by molar-refractivity contribution is -0.138. The molecule has 2 aliphatic heterocycles. The van der Waals surface area contributed by atoms with E-state index >= 15 is 0 Å². The summed E-state index contributed by atoms with van der Waals surface area (Å²) in [5.74, 6) is 3.30. The Balaban J connectivity index is 1.03. The van der Waals surface area contributed by atoms with E-state index in [1.165, 1.54) is 14.2 Å². The first-order valence-electron chi connectivity index (χ1n) is 20.0. The number of hydrogen-bond donors (Lipinski definition) is 5. The number of nitrogens with one attached hydrogen (secondary N) is 5. The lowest BCUT2D eigenvalue weighted by Crippen LogP contribution is -2.53. The monoisotopic (exact) mass is 798 g/mol. The number of aryl methyl sites for hydroxylation is 1. The van der Waals surface area contributed by atoms with Crippen molar-refractivity contribution in [3.8, 4) is 45.5 Å². The number of likely N-dealkylation sites (tertiary alicyclic amines) is 1. The van der Waals surface area contributed by atoms with Crippen molar-refractivity contribution in [2.24, 2.45) is 11.8 Å². The molecule has 310 valence electrons. The maximum Gasteiger partial charge on any atom is 0.407 e. The number of fused-ring (bicyclic) bond motifs is 2. The van der Waals surface area contributed by atoms with Gasteiger partial charge in [0.15, 0.2) is 23.0 Å². The molecule has 16 nitrogen and oxygen atoms in total. The van der Waals surface area contributed by atoms with Crippen LogP contribution in [0.1, 0.15) is 83.9 Å². The van der Waals surface area contributed by atoms with Crippen molar-refractivity contribution in [2.75, 3.05) is 27.3 Å². The largest absolute Gasteiger partial charge is 0.453 e. The molecule has 4 aromatic rings. The third-order valence-corrected chi connectivity index (χ3v) is 10.5. The van der Waals surface area contributed by atoms with Crippen LogP contribution in [0, 0.1) is 11.8 Å². The van der Waals surface area contributed by atoms with E-state index in [4.69, 9.17) is 19.2 Å². The van der Waals surface area contributed by atoms with Crippen LogP contribution in [0.3, 0.4) is 0 Å². The summed E-state index contributed by atoms with van der Waals surface area (Å²) in [6, 6.07) is 9.85. The highest BCUT2D eigenvalue weighted by molar-refractivity contribution is 5.87. The minimum absolute atomic E-state index is 0.0703. The number of unbranched alkanes of at least 4 members (excludes halogenated alkanes) is 2. The van der Waals surface area contributed by atoms with Crippen molar-refractivity contribution < 1.29 is 38.1 Å². The predicted molar refractivity (Wildman–Crippen MR) is 215 cm³/mol. The maximum absolute atomic E-state index is 13.7. The van der Waals surface area contributed by atoms with Crippen LogP contribution in [0.2, 0.25) is 0 Å². The van der Waals surface area contributed by atoms with Gasteiger partial charge >= 0.3 is 12.2 Å². The Morgan fingerprint density at radius 3 is 2.00 bits per heavy atom. The summed E-state index contributed by atoms with van der Waals surface area (Å²) in [7, 11) is 2.56. The van der Waals surface area contributed by atoms with Gasteiger partial charge in [0, 0.05) is 30.6 Å². The van der Waals surface area contributed by atoms with Crippen LogP contribution in [-0.4, -0.2) is 88.2 Å². The summed E-state index contributed by atoms with van der Waals surface area (Å²) < 4.78 is 22.0. The number of methoxy groups -OCH3 is 2. The standard InChI is InChI=1S/C42H54N8O8/c1-24(2)36(48-41(53)55-5)39(51)43-18-10-7-8-13-35-44-22-28(46-35)26-14-16-31-33(20-26)57-32-17-15-27(21-34(32)58-31)29-23-45-38(47-29)30-12-9-11-19-50(30)40(52)37(25(3)4)49-42(54)56-6/h14-17,20-25,30,36-37H,7-13,18-19H2,1-6H3,(H,43,51)(H,44,46)(H,45,47)(H,48,53)(H,49,54). The number of rotatable bonds is 15. The molecule has 5 N–H and O–H groups in total. The molecule has 2 aromatic heterocycles. The topological polar surface area (TPSA) is 202 Å². The van der Waals surface area contributed by atoms with Gasteiger partial charge < -0.3 is 49.8 Å². The Bertz CT molecular complexity index is 2080. The van der Waals surface area contributed by atoms with E-state index < -0.39 is 24.3 Å². The Morgan fingerprint density at radius 1 is 0.776 bits per heavy atom. The number of ether oxygens (including phenoxy) is 4. The van der Waals surface area contributed by atoms with Crippen molar-refractivity contribution in [3.63, 3.8) is 0 Å². The second kappa shape index (κ2) is 18.9. The number of benzene rings is 2. The third kappa shape index (κ3) is 9.90. The molecule has 16 heteroatoms. The Morgan fingerprint density at radius 2 is 1.38 bits per heavy atom. The van der Waals surface area contributed by atoms with Crippen molar-refractivity contribution in [1.29, 1.82) is 0 Å². The molecule has 4 amide bonds. The van der Waals surface area contributed by atoms with E-state index in [0.29, 0.717) is 41.9 Å². The highest BCUT2D eigenvalue weighted by atomic mass is 16.6. The molecule has 1 saturated heterocycles. The molecule has 2 aromatic carbocycles. The normalized spacial score (nSPS) is 15.7. The number of alkyl carbamates (subject to hydrolysis) is 2. The first kappa shape index (κ1) is 41.6. The van der Waals surface area contributed by atoms with Crippen LogP contribution >= 0.6 is 0 Å². The van der Waals surface area contributed by atoms with Gasteiger partial charge in [0.05, 0.1) is 44.0 Å². The Labute approximate surface area is 338 Å². The fraction of sp³-hybridized carbons (Fsp3) is 0.476. The van der Waals surface area contributed by atoms with Gasteiger partial charge in [-0.3, -0.25) is 9.59 Å². The van der Waals surface area contributed by atoms with Crippen LogP contribution in [0.5, 0.6) is 23.0 Å². The molecule has 6 rings (SSSR count). The molecule has 0 bridgehead atoms. The number of aromatic amines is 2. The summed E-state index contributed by atoms with van der Waals surface area (Å²) in [6.07, 6.45) is 8.25. The van der Waals surface area contributed by atoms with E-state index in [1.54, 1.807) is 6.20 Å². The molecular formula is C42H54N8O8. The zero-order valence-corrected chi connectivity index (χ0v) is 34.0. The maximum atomic E-state index is 13.7. The molecule has 3 unspecified atom stereocenters. The fourth-order valence-corrected chi connectivity index (χ4v) is 7.20. The number of imidazole rings is 2. The van der Waals surface area contributed by atoms with Crippen LogP contribution < -0.4 is 25.4 Å². The van der Waals surface area contributed by atoms with Crippen LogP contribution in [0.4, 0.5) is 9.59 Å². The Hall–Kier alpha value is -6.06. The molecular weight excluding hydrogens is 745 g/mol. The number of piperidine rings is 1. The van der Waals surface area contributed by atoms with Crippen molar-refractivity contribution in [3.05, 3.63) is 60.4 Å². The van der Waals surface area contributed by atoms with Crippen LogP contribution in [-0.2, 0) is 25.5 Å². The van der Waals surface area contributed by atoms with E-state index in [9.17, 15) is 19.2 Å². The van der Waals surface area contributed by atoms with E-state index in [-0.39, 0.29) is 29.7 Å². The average molecular weight is 799 g/mol. The molecule has 4 heterocycles. The predicted octanol–water partition coefficient (Wildman–Crippen LogP) is 7.01. The smallest absolute Gasteiger partial charge is 0.407 e. The van der Waals surface area contributed by atoms with E-state index in [0.717, 1.165) is 73.3 Å². The first-order valence-corrected chi connectivity index (χ1v) is 20.0. The number of amides is 4. The highest BCUT2D eigenvalue weighted by Crippen LogP contribution is 2.47. The number of aromatic nitrogens is 4. The number of hydrogen-bond acceptors (Lipinski definition) is 10. The summed E-state index contributed by atoms with van der Waals surface area (Å²) in [5.41, 5.74) is 3.40. The fourth-order valence-electron chi connectivity index (χ4n) is 7.20. The molecule has 0 saturated carbocycles. The van der Waals surface area contributed by atoms with Gasteiger partial charge in [-0.15, -0.1) is 0 Å². The molecule has 0 spiro atoms. The van der Waals surface area contributed by atoms with E-state index in [1.807, 2.05) is 75.2 Å². The summed E-state index contributed by atoms with van der Waals surface area (Å²) >= 11 is 0. The summed E-state index contributed by atoms with van der Waals surface area (Å²) in [6.45, 7) is 8.62. The minimum atomic E-state index is -0.712. The number of carbonyl (C=O) groups is 4. The van der Waals surface area contributed by atoms with Crippen LogP contribution in [0.15, 0.2) is 48.8 Å². The number of nitrogens with zero attached hydrogens (tertiary/aromatic N) is 3. The first-order chi connectivity index (χ1) is 27.9. The SMILES string of the molecule is COC(=O)NC(C(=O)NCCCCCc1ncc(-c2ccc3c(c2)Oc2ccc(-c4cnc(C5CCCCN5C(=O)C(NC(=O)OC)C(C)C)[nH]4)cc2O3)[nH]1)C(C)C. The molecule has 1 fully saturated rings. The molecule has 58 heavy (non-hydrogen) atoms. The highest BCUT2D eigenvalue weighted by Gasteiger charge is 2.36. The molecule has 3 atom stereocenters. The summed E-state index contributed by atoms with van der Waals surface area (Å²) in [5, 5.41) is 8.19. The zero-order valence-electron chi connectivity index (χ0n) is 34.0. The van der Waals surface area contributed by atoms with Crippen molar-refractivity contribution >= 4 is 24.0 Å². The molecule has 0 aliphatic carbocycles. The van der Waals surface area contributed by atoms with Gasteiger partial charge in [-0.25, -0.2) is 19.6 Å². The van der Waals surface area contributed by atoms with E-state index in [2.05, 4.69) is 35.6 Å². The average Bonchev–Trinajstić information content (AvgIpc) is 3.92. The van der Waals surface area contributed by atoms with Gasteiger partial charge in [-0.2, -0.15) is 0 Å².